The molecule has 5 nitrogen and oxygen atoms in total. The SMILES string of the molecule is Cc1ccc(S(=O)(=O)Nc2cc(N)ccc2N2CCCC[C@@H]2C)cc1. The van der Waals surface area contributed by atoms with Crippen LogP contribution in [0.25, 0.3) is 0 Å². The summed E-state index contributed by atoms with van der Waals surface area (Å²) in [5, 5.41) is 0. The van der Waals surface area contributed by atoms with Crippen molar-refractivity contribution in [1.29, 1.82) is 0 Å². The summed E-state index contributed by atoms with van der Waals surface area (Å²) < 4.78 is 28.3. The number of nitrogens with one attached hydrogen (secondary N) is 1. The normalized spacial score (nSPS) is 18.2. The molecule has 0 saturated carbocycles. The van der Waals surface area contributed by atoms with Crippen molar-refractivity contribution in [2.75, 3.05) is 21.9 Å². The highest BCUT2D eigenvalue weighted by Gasteiger charge is 2.23. The van der Waals surface area contributed by atoms with E-state index in [0.29, 0.717) is 17.4 Å². The van der Waals surface area contributed by atoms with Gasteiger partial charge < -0.3 is 10.6 Å². The van der Waals surface area contributed by atoms with Gasteiger partial charge in [-0.2, -0.15) is 0 Å². The largest absolute Gasteiger partial charge is 0.399 e. The molecule has 6 heteroatoms. The van der Waals surface area contributed by atoms with Crippen molar-refractivity contribution < 1.29 is 8.42 Å². The Morgan fingerprint density at radius 3 is 2.52 bits per heavy atom. The number of hydrogen-bond donors (Lipinski definition) is 2. The number of piperidine rings is 1. The molecule has 1 saturated heterocycles. The molecule has 1 atom stereocenters. The highest BCUT2D eigenvalue weighted by atomic mass is 32.2. The van der Waals surface area contributed by atoms with Gasteiger partial charge in [0.05, 0.1) is 16.3 Å². The number of benzene rings is 2. The lowest BCUT2D eigenvalue weighted by Gasteiger charge is -2.36. The Hall–Kier alpha value is -2.21. The number of anilines is 3. The van der Waals surface area contributed by atoms with E-state index in [9.17, 15) is 8.42 Å². The van der Waals surface area contributed by atoms with Crippen LogP contribution in [0.5, 0.6) is 0 Å². The van der Waals surface area contributed by atoms with E-state index in [4.69, 9.17) is 5.73 Å². The van der Waals surface area contributed by atoms with Gasteiger partial charge in [0.2, 0.25) is 0 Å². The van der Waals surface area contributed by atoms with Crippen molar-refractivity contribution in [2.45, 2.75) is 44.0 Å². The first-order valence-corrected chi connectivity index (χ1v) is 10.1. The smallest absolute Gasteiger partial charge is 0.261 e. The molecule has 0 bridgehead atoms. The lowest BCUT2D eigenvalue weighted by Crippen LogP contribution is -2.38. The molecule has 2 aromatic carbocycles. The zero-order valence-electron chi connectivity index (χ0n) is 14.7. The number of nitrogen functional groups attached to an aromatic ring is 1. The molecule has 0 spiro atoms. The number of hydrogen-bond acceptors (Lipinski definition) is 4. The third-order valence-electron chi connectivity index (χ3n) is 4.71. The monoisotopic (exact) mass is 359 g/mol. The summed E-state index contributed by atoms with van der Waals surface area (Å²) in [6, 6.07) is 12.6. The van der Waals surface area contributed by atoms with Crippen molar-refractivity contribution in [1.82, 2.24) is 0 Å². The zero-order valence-corrected chi connectivity index (χ0v) is 15.5. The summed E-state index contributed by atoms with van der Waals surface area (Å²) in [7, 11) is -3.66. The fourth-order valence-electron chi connectivity index (χ4n) is 3.26. The molecule has 2 aromatic rings. The van der Waals surface area contributed by atoms with Crippen LogP contribution in [0.4, 0.5) is 17.1 Å². The van der Waals surface area contributed by atoms with E-state index in [1.807, 2.05) is 19.1 Å². The fourth-order valence-corrected chi connectivity index (χ4v) is 4.33. The van der Waals surface area contributed by atoms with Crippen LogP contribution in [0.3, 0.4) is 0 Å². The van der Waals surface area contributed by atoms with Gasteiger partial charge in [0.25, 0.3) is 10.0 Å². The van der Waals surface area contributed by atoms with Crippen molar-refractivity contribution in [3.8, 4) is 0 Å². The maximum absolute atomic E-state index is 12.8. The van der Waals surface area contributed by atoms with Gasteiger partial charge in [0, 0.05) is 18.3 Å². The second-order valence-corrected chi connectivity index (χ2v) is 8.42. The van der Waals surface area contributed by atoms with E-state index in [-0.39, 0.29) is 4.90 Å². The van der Waals surface area contributed by atoms with Gasteiger partial charge in [-0.15, -0.1) is 0 Å². The second kappa shape index (κ2) is 6.96. The van der Waals surface area contributed by atoms with E-state index in [0.717, 1.165) is 30.6 Å². The minimum absolute atomic E-state index is 0.248. The Labute approximate surface area is 149 Å². The fraction of sp³-hybridized carbons (Fsp3) is 0.368. The molecule has 25 heavy (non-hydrogen) atoms. The Morgan fingerprint density at radius 1 is 1.12 bits per heavy atom. The molecule has 0 unspecified atom stereocenters. The number of nitrogens with zero attached hydrogens (tertiary/aromatic N) is 1. The molecule has 134 valence electrons. The van der Waals surface area contributed by atoms with Gasteiger partial charge in [0.15, 0.2) is 0 Å². The second-order valence-electron chi connectivity index (χ2n) is 6.73. The molecule has 0 amide bonds. The minimum Gasteiger partial charge on any atom is -0.399 e. The molecular weight excluding hydrogens is 334 g/mol. The van der Waals surface area contributed by atoms with Crippen LogP contribution >= 0.6 is 0 Å². The van der Waals surface area contributed by atoms with Gasteiger partial charge >= 0.3 is 0 Å². The number of aryl methyl sites for hydroxylation is 1. The maximum atomic E-state index is 12.8. The third-order valence-corrected chi connectivity index (χ3v) is 6.09. The zero-order chi connectivity index (χ0) is 18.0. The number of nitrogens with two attached hydrogens (primary N) is 1. The summed E-state index contributed by atoms with van der Waals surface area (Å²) >= 11 is 0. The molecule has 0 aliphatic carbocycles. The van der Waals surface area contributed by atoms with E-state index in [2.05, 4.69) is 16.5 Å². The third kappa shape index (κ3) is 3.90. The summed E-state index contributed by atoms with van der Waals surface area (Å²) in [5.41, 5.74) is 8.89. The van der Waals surface area contributed by atoms with Crippen LogP contribution < -0.4 is 15.4 Å². The van der Waals surface area contributed by atoms with Gasteiger partial charge in [0.1, 0.15) is 0 Å². The van der Waals surface area contributed by atoms with E-state index in [1.54, 1.807) is 30.3 Å². The number of sulfonamides is 1. The minimum atomic E-state index is -3.66. The number of rotatable bonds is 4. The molecule has 3 N–H and O–H groups in total. The van der Waals surface area contributed by atoms with Crippen molar-refractivity contribution in [2.24, 2.45) is 0 Å². The average Bonchev–Trinajstić information content (AvgIpc) is 2.56. The van der Waals surface area contributed by atoms with Gasteiger partial charge in [-0.25, -0.2) is 8.42 Å². The molecule has 1 aliphatic heterocycles. The van der Waals surface area contributed by atoms with Crippen LogP contribution in [0.1, 0.15) is 31.7 Å². The Bertz CT molecular complexity index is 847. The molecular formula is C19H25N3O2S. The van der Waals surface area contributed by atoms with Gasteiger partial charge in [-0.1, -0.05) is 17.7 Å². The predicted molar refractivity (Wildman–Crippen MR) is 104 cm³/mol. The Kier molecular flexibility index (Phi) is 4.90. The first-order chi connectivity index (χ1) is 11.9. The molecule has 0 aromatic heterocycles. The lowest BCUT2D eigenvalue weighted by atomic mass is 10.0. The van der Waals surface area contributed by atoms with Gasteiger partial charge in [-0.3, -0.25) is 4.72 Å². The van der Waals surface area contributed by atoms with Crippen LogP contribution in [0.15, 0.2) is 47.4 Å². The van der Waals surface area contributed by atoms with Gasteiger partial charge in [-0.05, 0) is 63.4 Å². The molecule has 0 radical (unpaired) electrons. The summed E-state index contributed by atoms with van der Waals surface area (Å²) in [5.74, 6) is 0. The standard InChI is InChI=1S/C19H25N3O2S/c1-14-6-9-17(10-7-14)25(23,24)21-18-13-16(20)8-11-19(18)22-12-4-3-5-15(22)2/h6-11,13,15,21H,3-5,12,20H2,1-2H3/t15-/m0/s1. The molecule has 1 fully saturated rings. The Morgan fingerprint density at radius 2 is 1.84 bits per heavy atom. The van der Waals surface area contributed by atoms with Crippen LogP contribution in [0, 0.1) is 6.92 Å². The average molecular weight is 359 g/mol. The topological polar surface area (TPSA) is 75.4 Å². The van der Waals surface area contributed by atoms with Crippen LogP contribution in [0.2, 0.25) is 0 Å². The molecule has 1 heterocycles. The molecule has 3 rings (SSSR count). The highest BCUT2D eigenvalue weighted by Crippen LogP contribution is 2.34. The van der Waals surface area contributed by atoms with Crippen LogP contribution in [-0.2, 0) is 10.0 Å². The maximum Gasteiger partial charge on any atom is 0.261 e. The predicted octanol–water partition coefficient (Wildman–Crippen LogP) is 3.76. The summed E-state index contributed by atoms with van der Waals surface area (Å²) in [6.45, 7) is 5.02. The van der Waals surface area contributed by atoms with E-state index in [1.165, 1.54) is 6.42 Å². The summed E-state index contributed by atoms with van der Waals surface area (Å²) in [4.78, 5) is 2.51. The summed E-state index contributed by atoms with van der Waals surface area (Å²) in [6.07, 6.45) is 3.42. The first-order valence-electron chi connectivity index (χ1n) is 8.62. The van der Waals surface area contributed by atoms with Crippen molar-refractivity contribution in [3.63, 3.8) is 0 Å². The van der Waals surface area contributed by atoms with Crippen LogP contribution in [-0.4, -0.2) is 21.0 Å². The first kappa shape index (κ1) is 17.6. The van der Waals surface area contributed by atoms with E-state index < -0.39 is 10.0 Å². The highest BCUT2D eigenvalue weighted by molar-refractivity contribution is 7.92. The lowest BCUT2D eigenvalue weighted by molar-refractivity contribution is 0.485. The van der Waals surface area contributed by atoms with E-state index >= 15 is 0 Å². The molecule has 1 aliphatic rings. The van der Waals surface area contributed by atoms with Crippen molar-refractivity contribution in [3.05, 3.63) is 48.0 Å². The quantitative estimate of drug-likeness (QED) is 0.815. The van der Waals surface area contributed by atoms with Crippen molar-refractivity contribution >= 4 is 27.1 Å². The Balaban J connectivity index is 1.96.